The Balaban J connectivity index is 1.41. The molecule has 1 unspecified atom stereocenters. The molecule has 2 aliphatic rings. The Morgan fingerprint density at radius 1 is 1.25 bits per heavy atom. The number of nitrogens with one attached hydrogen (secondary N) is 1. The molecule has 2 heterocycles. The number of hydrogen-bond donors (Lipinski definition) is 1. The third-order valence-corrected chi connectivity index (χ3v) is 5.14. The molecule has 1 N–H and O–H groups in total. The van der Waals surface area contributed by atoms with E-state index in [0.29, 0.717) is 6.10 Å². The fourth-order valence-corrected chi connectivity index (χ4v) is 3.81. The van der Waals surface area contributed by atoms with Crippen molar-refractivity contribution in [1.29, 1.82) is 0 Å². The SMILES string of the molecule is CN(Cc1ccc(CNC2CC2)s1)CC1CCCCO1. The Hall–Kier alpha value is -0.420. The maximum absolute atomic E-state index is 5.82. The molecular formula is C16H26N2OS. The molecule has 3 nitrogen and oxygen atoms in total. The Kier molecular flexibility index (Phi) is 5.10. The molecule has 4 heteroatoms. The van der Waals surface area contributed by atoms with Gasteiger partial charge in [-0.25, -0.2) is 0 Å². The van der Waals surface area contributed by atoms with Gasteiger partial charge in [-0.1, -0.05) is 0 Å². The lowest BCUT2D eigenvalue weighted by Crippen LogP contribution is -2.32. The second kappa shape index (κ2) is 7.03. The highest BCUT2D eigenvalue weighted by molar-refractivity contribution is 7.11. The Bertz CT molecular complexity index is 410. The van der Waals surface area contributed by atoms with E-state index in [9.17, 15) is 0 Å². The highest BCUT2D eigenvalue weighted by Crippen LogP contribution is 2.22. The summed E-state index contributed by atoms with van der Waals surface area (Å²) in [6.45, 7) is 4.11. The molecule has 0 radical (unpaired) electrons. The van der Waals surface area contributed by atoms with Gasteiger partial charge in [0.05, 0.1) is 6.10 Å². The van der Waals surface area contributed by atoms with E-state index in [1.165, 1.54) is 41.9 Å². The number of thiophene rings is 1. The van der Waals surface area contributed by atoms with Gasteiger partial charge in [-0.3, -0.25) is 4.90 Å². The molecule has 1 aliphatic heterocycles. The molecule has 3 rings (SSSR count). The van der Waals surface area contributed by atoms with Crippen molar-refractivity contribution in [2.75, 3.05) is 20.2 Å². The molecule has 1 saturated heterocycles. The lowest BCUT2D eigenvalue weighted by atomic mass is 10.1. The van der Waals surface area contributed by atoms with Crippen LogP contribution in [0.15, 0.2) is 12.1 Å². The molecule has 2 fully saturated rings. The first-order valence-corrected chi connectivity index (χ1v) is 8.72. The average Bonchev–Trinajstić information content (AvgIpc) is 3.18. The predicted octanol–water partition coefficient (Wildman–Crippen LogP) is 3.00. The predicted molar refractivity (Wildman–Crippen MR) is 84.1 cm³/mol. The fourth-order valence-electron chi connectivity index (χ4n) is 2.76. The molecule has 0 amide bonds. The van der Waals surface area contributed by atoms with E-state index in [-0.39, 0.29) is 0 Å². The minimum atomic E-state index is 0.449. The molecule has 1 aliphatic carbocycles. The molecule has 1 saturated carbocycles. The van der Waals surface area contributed by atoms with E-state index in [2.05, 4.69) is 29.4 Å². The van der Waals surface area contributed by atoms with E-state index >= 15 is 0 Å². The summed E-state index contributed by atoms with van der Waals surface area (Å²) in [4.78, 5) is 5.34. The number of likely N-dealkylation sites (N-methyl/N-ethyl adjacent to an activating group) is 1. The Labute approximate surface area is 126 Å². The van der Waals surface area contributed by atoms with Gasteiger partial charge >= 0.3 is 0 Å². The van der Waals surface area contributed by atoms with Gasteiger partial charge in [-0.15, -0.1) is 11.3 Å². The van der Waals surface area contributed by atoms with Crippen LogP contribution < -0.4 is 5.32 Å². The van der Waals surface area contributed by atoms with Crippen molar-refractivity contribution in [3.05, 3.63) is 21.9 Å². The molecule has 0 bridgehead atoms. The molecule has 0 spiro atoms. The second-order valence-corrected chi connectivity index (χ2v) is 7.46. The van der Waals surface area contributed by atoms with Crippen molar-refractivity contribution in [2.24, 2.45) is 0 Å². The zero-order valence-electron chi connectivity index (χ0n) is 12.4. The third-order valence-electron chi connectivity index (χ3n) is 4.07. The quantitative estimate of drug-likeness (QED) is 0.836. The first-order chi connectivity index (χ1) is 9.79. The first kappa shape index (κ1) is 14.5. The van der Waals surface area contributed by atoms with Crippen molar-refractivity contribution >= 4 is 11.3 Å². The maximum atomic E-state index is 5.82. The van der Waals surface area contributed by atoms with Crippen LogP contribution in [0, 0.1) is 0 Å². The monoisotopic (exact) mass is 294 g/mol. The van der Waals surface area contributed by atoms with Gasteiger partial charge in [-0.05, 0) is 51.3 Å². The van der Waals surface area contributed by atoms with Crippen LogP contribution >= 0.6 is 11.3 Å². The molecule has 20 heavy (non-hydrogen) atoms. The summed E-state index contributed by atoms with van der Waals surface area (Å²) in [5.41, 5.74) is 0. The average molecular weight is 294 g/mol. The Morgan fingerprint density at radius 2 is 2.10 bits per heavy atom. The van der Waals surface area contributed by atoms with Gasteiger partial charge in [0.1, 0.15) is 0 Å². The van der Waals surface area contributed by atoms with Crippen LogP contribution in [-0.4, -0.2) is 37.2 Å². The molecule has 1 atom stereocenters. The molecule has 0 aromatic carbocycles. The van der Waals surface area contributed by atoms with Crippen molar-refractivity contribution < 1.29 is 4.74 Å². The van der Waals surface area contributed by atoms with Gasteiger partial charge < -0.3 is 10.1 Å². The maximum Gasteiger partial charge on any atom is 0.0702 e. The molecular weight excluding hydrogens is 268 g/mol. The van der Waals surface area contributed by atoms with Crippen molar-refractivity contribution in [3.63, 3.8) is 0 Å². The molecule has 1 aromatic heterocycles. The summed E-state index contributed by atoms with van der Waals surface area (Å²) in [7, 11) is 2.21. The smallest absolute Gasteiger partial charge is 0.0702 e. The van der Waals surface area contributed by atoms with Gasteiger partial charge in [0.15, 0.2) is 0 Å². The standard InChI is InChI=1S/C16H26N2OS/c1-18(11-14-4-2-3-9-19-14)12-16-8-7-15(20-16)10-17-13-5-6-13/h7-8,13-14,17H,2-6,9-12H2,1H3. The number of ether oxygens (including phenoxy) is 1. The van der Waals surface area contributed by atoms with E-state index in [1.54, 1.807) is 0 Å². The lowest BCUT2D eigenvalue weighted by molar-refractivity contribution is -0.00245. The zero-order valence-corrected chi connectivity index (χ0v) is 13.3. The number of nitrogens with zero attached hydrogens (tertiary/aromatic N) is 1. The van der Waals surface area contributed by atoms with Gasteiger partial charge in [0.25, 0.3) is 0 Å². The third kappa shape index (κ3) is 4.55. The van der Waals surface area contributed by atoms with Crippen LogP contribution in [0.2, 0.25) is 0 Å². The topological polar surface area (TPSA) is 24.5 Å². The van der Waals surface area contributed by atoms with Gasteiger partial charge in [-0.2, -0.15) is 0 Å². The number of rotatable bonds is 7. The first-order valence-electron chi connectivity index (χ1n) is 7.91. The summed E-state index contributed by atoms with van der Waals surface area (Å²) < 4.78 is 5.82. The summed E-state index contributed by atoms with van der Waals surface area (Å²) in [5, 5.41) is 3.58. The van der Waals surface area contributed by atoms with Crippen LogP contribution in [0.25, 0.3) is 0 Å². The molecule has 112 valence electrons. The summed E-state index contributed by atoms with van der Waals surface area (Å²) in [5.74, 6) is 0. The van der Waals surface area contributed by atoms with Crippen LogP contribution in [-0.2, 0) is 17.8 Å². The van der Waals surface area contributed by atoms with Crippen molar-refractivity contribution in [2.45, 2.75) is 57.3 Å². The van der Waals surface area contributed by atoms with Gasteiger partial charge in [0, 0.05) is 42.0 Å². The number of hydrogen-bond acceptors (Lipinski definition) is 4. The zero-order chi connectivity index (χ0) is 13.8. The van der Waals surface area contributed by atoms with E-state index < -0.39 is 0 Å². The van der Waals surface area contributed by atoms with E-state index in [1.807, 2.05) is 11.3 Å². The van der Waals surface area contributed by atoms with Crippen LogP contribution in [0.3, 0.4) is 0 Å². The van der Waals surface area contributed by atoms with Crippen LogP contribution in [0.5, 0.6) is 0 Å². The van der Waals surface area contributed by atoms with Crippen LogP contribution in [0.4, 0.5) is 0 Å². The summed E-state index contributed by atoms with van der Waals surface area (Å²) >= 11 is 1.95. The highest BCUT2D eigenvalue weighted by Gasteiger charge is 2.20. The second-order valence-electron chi connectivity index (χ2n) is 6.21. The summed E-state index contributed by atoms with van der Waals surface area (Å²) in [6, 6.07) is 5.36. The van der Waals surface area contributed by atoms with E-state index in [4.69, 9.17) is 4.74 Å². The van der Waals surface area contributed by atoms with Crippen molar-refractivity contribution in [1.82, 2.24) is 10.2 Å². The minimum Gasteiger partial charge on any atom is -0.377 e. The minimum absolute atomic E-state index is 0.449. The van der Waals surface area contributed by atoms with Crippen LogP contribution in [0.1, 0.15) is 41.9 Å². The lowest BCUT2D eigenvalue weighted by Gasteiger charge is -2.27. The Morgan fingerprint density at radius 3 is 2.85 bits per heavy atom. The fraction of sp³-hybridized carbons (Fsp3) is 0.750. The largest absolute Gasteiger partial charge is 0.377 e. The van der Waals surface area contributed by atoms with Crippen molar-refractivity contribution in [3.8, 4) is 0 Å². The highest BCUT2D eigenvalue weighted by atomic mass is 32.1. The van der Waals surface area contributed by atoms with Gasteiger partial charge in [0.2, 0.25) is 0 Å². The van der Waals surface area contributed by atoms with E-state index in [0.717, 1.165) is 32.3 Å². The summed E-state index contributed by atoms with van der Waals surface area (Å²) in [6.07, 6.45) is 6.97. The molecule has 1 aromatic rings. The normalized spacial score (nSPS) is 23.4.